The van der Waals surface area contributed by atoms with Gasteiger partial charge in [0.05, 0.1) is 19.0 Å². The van der Waals surface area contributed by atoms with Gasteiger partial charge in [-0.25, -0.2) is 4.99 Å². The number of aliphatic imine (C=N–C) groups is 1. The fourth-order valence-electron chi connectivity index (χ4n) is 2.76. The third-order valence-corrected chi connectivity index (χ3v) is 3.81. The first-order valence-electron chi connectivity index (χ1n) is 7.72. The van der Waals surface area contributed by atoms with E-state index in [1.165, 1.54) is 6.42 Å². The largest absolute Gasteiger partial charge is 0.481 e. The molecule has 21 heavy (non-hydrogen) atoms. The Bertz CT molecular complexity index is 509. The van der Waals surface area contributed by atoms with Gasteiger partial charge in [0.25, 0.3) is 0 Å². The molecule has 2 heterocycles. The summed E-state index contributed by atoms with van der Waals surface area (Å²) in [5, 5.41) is 0. The van der Waals surface area contributed by atoms with Crippen LogP contribution >= 0.6 is 0 Å². The van der Waals surface area contributed by atoms with Crippen LogP contribution in [0, 0.1) is 5.92 Å². The molecule has 0 saturated carbocycles. The molecule has 0 saturated heterocycles. The molecule has 0 atom stereocenters. The highest BCUT2D eigenvalue weighted by molar-refractivity contribution is 5.96. The van der Waals surface area contributed by atoms with Crippen LogP contribution in [0.2, 0.25) is 0 Å². The average molecular weight is 286 g/mol. The minimum atomic E-state index is 0.592. The molecular formula is C18H26N2O. The van der Waals surface area contributed by atoms with Crippen molar-refractivity contribution in [2.75, 3.05) is 20.2 Å². The second-order valence-electron chi connectivity index (χ2n) is 6.04. The fraction of sp³-hybridized carbons (Fsp3) is 0.500. The predicted octanol–water partition coefficient (Wildman–Crippen LogP) is 4.07. The lowest BCUT2D eigenvalue weighted by atomic mass is 10.00. The summed E-state index contributed by atoms with van der Waals surface area (Å²) in [4.78, 5) is 6.79. The van der Waals surface area contributed by atoms with Crippen molar-refractivity contribution in [3.8, 4) is 0 Å². The molecule has 0 aliphatic carbocycles. The van der Waals surface area contributed by atoms with Gasteiger partial charge in [0.1, 0.15) is 0 Å². The molecule has 0 fully saturated rings. The molecule has 3 nitrogen and oxygen atoms in total. The van der Waals surface area contributed by atoms with E-state index in [2.05, 4.69) is 42.5 Å². The minimum absolute atomic E-state index is 0.592. The van der Waals surface area contributed by atoms with Gasteiger partial charge in [-0.05, 0) is 37.3 Å². The molecule has 0 aromatic heterocycles. The number of allylic oxidation sites excluding steroid dienone is 1. The maximum absolute atomic E-state index is 5.23. The summed E-state index contributed by atoms with van der Waals surface area (Å²) in [5.74, 6) is 1.33. The van der Waals surface area contributed by atoms with Crippen LogP contribution in [-0.4, -0.2) is 31.0 Å². The van der Waals surface area contributed by atoms with Crippen LogP contribution in [0.4, 0.5) is 0 Å². The van der Waals surface area contributed by atoms with Crippen LogP contribution in [0.15, 0.2) is 52.8 Å². The molecule has 0 amide bonds. The standard InChI is InChI=1S/C18H26N2O/c1-14(2)12-16-6-5-10-20(11-9-16)17-8-7-15(3)18(21-4)19-13-17/h6-8,13-14H,3,5,9-12H2,1-2,4H3. The molecule has 0 bridgehead atoms. The van der Waals surface area contributed by atoms with Gasteiger partial charge in [-0.15, -0.1) is 0 Å². The summed E-state index contributed by atoms with van der Waals surface area (Å²) in [6.45, 7) is 10.6. The molecule has 2 rings (SSSR count). The second-order valence-corrected chi connectivity index (χ2v) is 6.04. The molecule has 0 aromatic carbocycles. The first-order chi connectivity index (χ1) is 10.1. The normalized spacial score (nSPS) is 19.7. The van der Waals surface area contributed by atoms with E-state index in [0.717, 1.165) is 43.1 Å². The van der Waals surface area contributed by atoms with Crippen LogP contribution in [-0.2, 0) is 4.74 Å². The summed E-state index contributed by atoms with van der Waals surface area (Å²) in [5.41, 5.74) is 3.55. The van der Waals surface area contributed by atoms with Gasteiger partial charge in [-0.1, -0.05) is 32.1 Å². The van der Waals surface area contributed by atoms with Crippen molar-refractivity contribution in [2.45, 2.75) is 33.1 Å². The Morgan fingerprint density at radius 3 is 2.86 bits per heavy atom. The van der Waals surface area contributed by atoms with Gasteiger partial charge in [0.2, 0.25) is 5.90 Å². The summed E-state index contributed by atoms with van der Waals surface area (Å²) < 4.78 is 5.23. The molecular weight excluding hydrogens is 260 g/mol. The molecule has 2 aliphatic rings. The van der Waals surface area contributed by atoms with Crippen LogP contribution in [0.5, 0.6) is 0 Å². The SMILES string of the molecule is C=C1C=CC(N2CCC=C(CC(C)C)CC2)=CN=C1OC. The maximum Gasteiger partial charge on any atom is 0.219 e. The Labute approximate surface area is 128 Å². The van der Waals surface area contributed by atoms with Gasteiger partial charge in [0.15, 0.2) is 0 Å². The van der Waals surface area contributed by atoms with Gasteiger partial charge in [0, 0.05) is 18.7 Å². The summed E-state index contributed by atoms with van der Waals surface area (Å²) in [6, 6.07) is 0. The average Bonchev–Trinajstić information content (AvgIpc) is 2.77. The Morgan fingerprint density at radius 1 is 1.33 bits per heavy atom. The number of nitrogens with zero attached hydrogens (tertiary/aromatic N) is 2. The fourth-order valence-corrected chi connectivity index (χ4v) is 2.76. The smallest absolute Gasteiger partial charge is 0.219 e. The van der Waals surface area contributed by atoms with Crippen molar-refractivity contribution in [3.05, 3.63) is 47.9 Å². The van der Waals surface area contributed by atoms with Crippen LogP contribution in [0.3, 0.4) is 0 Å². The Hall–Kier alpha value is -1.77. The Kier molecular flexibility index (Phi) is 5.43. The molecule has 0 N–H and O–H groups in total. The minimum Gasteiger partial charge on any atom is -0.481 e. The highest BCUT2D eigenvalue weighted by Crippen LogP contribution is 2.22. The lowest BCUT2D eigenvalue weighted by Crippen LogP contribution is -2.23. The third kappa shape index (κ3) is 4.35. The van der Waals surface area contributed by atoms with Crippen molar-refractivity contribution < 1.29 is 4.74 Å². The van der Waals surface area contributed by atoms with Gasteiger partial charge in [-0.2, -0.15) is 0 Å². The number of ether oxygens (including phenoxy) is 1. The highest BCUT2D eigenvalue weighted by Gasteiger charge is 2.14. The first kappa shape index (κ1) is 15.6. The molecule has 3 heteroatoms. The zero-order valence-electron chi connectivity index (χ0n) is 13.4. The number of rotatable bonds is 3. The summed E-state index contributed by atoms with van der Waals surface area (Å²) >= 11 is 0. The molecule has 114 valence electrons. The zero-order chi connectivity index (χ0) is 15.2. The molecule has 2 aliphatic heterocycles. The Balaban J connectivity index is 2.04. The van der Waals surface area contributed by atoms with Gasteiger partial charge in [-0.3, -0.25) is 0 Å². The second kappa shape index (κ2) is 7.30. The topological polar surface area (TPSA) is 24.8 Å². The van der Waals surface area contributed by atoms with E-state index >= 15 is 0 Å². The molecule has 0 spiro atoms. The number of hydrogen-bond acceptors (Lipinski definition) is 3. The molecule has 0 radical (unpaired) electrons. The van der Waals surface area contributed by atoms with Gasteiger partial charge >= 0.3 is 0 Å². The maximum atomic E-state index is 5.23. The Morgan fingerprint density at radius 2 is 2.14 bits per heavy atom. The van der Waals surface area contributed by atoms with E-state index in [0.29, 0.717) is 5.90 Å². The van der Waals surface area contributed by atoms with E-state index < -0.39 is 0 Å². The monoisotopic (exact) mass is 286 g/mol. The summed E-state index contributed by atoms with van der Waals surface area (Å²) in [7, 11) is 1.63. The van der Waals surface area contributed by atoms with Crippen LogP contribution < -0.4 is 0 Å². The molecule has 0 unspecified atom stereocenters. The van der Waals surface area contributed by atoms with Crippen molar-refractivity contribution in [1.29, 1.82) is 0 Å². The lowest BCUT2D eigenvalue weighted by molar-refractivity contribution is 0.370. The zero-order valence-corrected chi connectivity index (χ0v) is 13.4. The number of hydrogen-bond donors (Lipinski definition) is 0. The van der Waals surface area contributed by atoms with E-state index in [4.69, 9.17) is 4.74 Å². The quantitative estimate of drug-likeness (QED) is 0.731. The van der Waals surface area contributed by atoms with Crippen LogP contribution in [0.1, 0.15) is 33.1 Å². The van der Waals surface area contributed by atoms with Crippen LogP contribution in [0.25, 0.3) is 0 Å². The van der Waals surface area contributed by atoms with Crippen molar-refractivity contribution in [1.82, 2.24) is 4.90 Å². The third-order valence-electron chi connectivity index (χ3n) is 3.81. The van der Waals surface area contributed by atoms with E-state index in [9.17, 15) is 0 Å². The lowest BCUT2D eigenvalue weighted by Gasteiger charge is -2.23. The van der Waals surface area contributed by atoms with Crippen molar-refractivity contribution in [3.63, 3.8) is 0 Å². The highest BCUT2D eigenvalue weighted by atomic mass is 16.5. The van der Waals surface area contributed by atoms with Gasteiger partial charge < -0.3 is 9.64 Å². The van der Waals surface area contributed by atoms with E-state index in [1.807, 2.05) is 12.3 Å². The number of methoxy groups -OCH3 is 1. The summed E-state index contributed by atoms with van der Waals surface area (Å²) in [6.07, 6.45) is 11.8. The predicted molar refractivity (Wildman–Crippen MR) is 89.2 cm³/mol. The molecule has 0 aromatic rings. The van der Waals surface area contributed by atoms with E-state index in [-0.39, 0.29) is 0 Å². The van der Waals surface area contributed by atoms with Crippen molar-refractivity contribution >= 4 is 5.90 Å². The van der Waals surface area contributed by atoms with Crippen molar-refractivity contribution in [2.24, 2.45) is 10.9 Å². The first-order valence-corrected chi connectivity index (χ1v) is 7.72. The van der Waals surface area contributed by atoms with E-state index in [1.54, 1.807) is 12.7 Å².